The summed E-state index contributed by atoms with van der Waals surface area (Å²) in [6.07, 6.45) is 3.77. The molecule has 16 heavy (non-hydrogen) atoms. The molecule has 0 saturated heterocycles. The van der Waals surface area contributed by atoms with E-state index in [0.29, 0.717) is 11.8 Å². The second-order valence-electron chi connectivity index (χ2n) is 5.03. The zero-order valence-corrected chi connectivity index (χ0v) is 10.4. The van der Waals surface area contributed by atoms with E-state index in [-0.39, 0.29) is 5.91 Å². The average molecular weight is 236 g/mol. The van der Waals surface area contributed by atoms with Crippen molar-refractivity contribution in [3.63, 3.8) is 0 Å². The predicted octanol–water partition coefficient (Wildman–Crippen LogP) is 2.40. The van der Waals surface area contributed by atoms with E-state index in [1.54, 1.807) is 30.3 Å². The van der Waals surface area contributed by atoms with Gasteiger partial charge in [0.05, 0.1) is 10.6 Å². The Bertz CT molecular complexity index is 464. The Morgan fingerprint density at radius 1 is 1.38 bits per heavy atom. The summed E-state index contributed by atoms with van der Waals surface area (Å²) in [5, 5.41) is 0.723. The van der Waals surface area contributed by atoms with Gasteiger partial charge < -0.3 is 10.6 Å². The number of rotatable bonds is 1. The molecule has 3 nitrogen and oxygen atoms in total. The number of nitrogens with zero attached hydrogens (tertiary/aromatic N) is 1. The lowest BCUT2D eigenvalue weighted by Gasteiger charge is -2.15. The summed E-state index contributed by atoms with van der Waals surface area (Å²) in [5.74, 6) is 1.37. The highest BCUT2D eigenvalue weighted by Gasteiger charge is 2.42. The molecule has 1 amide bonds. The topological polar surface area (TPSA) is 46.3 Å². The van der Waals surface area contributed by atoms with E-state index in [4.69, 9.17) is 5.73 Å². The van der Waals surface area contributed by atoms with Gasteiger partial charge in [0, 0.05) is 19.0 Å². The van der Waals surface area contributed by atoms with E-state index in [2.05, 4.69) is 0 Å². The van der Waals surface area contributed by atoms with Gasteiger partial charge in [0.25, 0.3) is 5.91 Å². The zero-order valence-electron chi connectivity index (χ0n) is 9.62. The van der Waals surface area contributed by atoms with E-state index in [9.17, 15) is 4.79 Å². The van der Waals surface area contributed by atoms with Gasteiger partial charge in [-0.1, -0.05) is 0 Å². The Kier molecular flexibility index (Phi) is 2.05. The predicted molar refractivity (Wildman–Crippen MR) is 66.1 cm³/mol. The van der Waals surface area contributed by atoms with Crippen molar-refractivity contribution in [3.8, 4) is 0 Å². The molecular weight excluding hydrogens is 220 g/mol. The number of nitrogen functional groups attached to an aromatic ring is 1. The van der Waals surface area contributed by atoms with Gasteiger partial charge in [0.1, 0.15) is 0 Å². The maximum absolute atomic E-state index is 12.1. The molecule has 1 saturated carbocycles. The number of carbonyl (C=O) groups is 1. The third-order valence-corrected chi connectivity index (χ3v) is 5.03. The van der Waals surface area contributed by atoms with Crippen molar-refractivity contribution >= 4 is 22.2 Å². The highest BCUT2D eigenvalue weighted by Crippen LogP contribution is 2.58. The summed E-state index contributed by atoms with van der Waals surface area (Å²) in [6, 6.07) is 0. The molecule has 2 atom stereocenters. The van der Waals surface area contributed by atoms with Crippen LogP contribution in [0.4, 0.5) is 5.00 Å². The molecule has 1 heterocycles. The molecule has 4 heteroatoms. The first-order valence-electron chi connectivity index (χ1n) is 5.73. The molecule has 0 aromatic carbocycles. The average Bonchev–Trinajstić information content (AvgIpc) is 2.86. The first-order valence-corrected chi connectivity index (χ1v) is 6.55. The second-order valence-corrected chi connectivity index (χ2v) is 6.11. The second kappa shape index (κ2) is 3.23. The molecule has 1 aromatic rings. The van der Waals surface area contributed by atoms with Crippen LogP contribution in [-0.4, -0.2) is 24.9 Å². The minimum Gasteiger partial charge on any atom is -0.390 e. The Morgan fingerprint density at radius 2 is 2.06 bits per heavy atom. The smallest absolute Gasteiger partial charge is 0.256 e. The fraction of sp³-hybridized carbons (Fsp3) is 0.583. The summed E-state index contributed by atoms with van der Waals surface area (Å²) < 4.78 is 0. The van der Waals surface area contributed by atoms with Crippen molar-refractivity contribution in [1.82, 2.24) is 4.90 Å². The molecule has 2 aliphatic rings. The fourth-order valence-electron chi connectivity index (χ4n) is 3.11. The van der Waals surface area contributed by atoms with Gasteiger partial charge in [-0.3, -0.25) is 4.79 Å². The Morgan fingerprint density at radius 3 is 2.75 bits per heavy atom. The molecule has 1 aromatic heterocycles. The molecule has 0 radical (unpaired) electrons. The molecule has 0 spiro atoms. The number of fused-ring (bicyclic) bond motifs is 5. The SMILES string of the molecule is CN(C)C(=O)c1c(N)sc2c1C1CCC2C1. The van der Waals surface area contributed by atoms with E-state index < -0.39 is 0 Å². The lowest BCUT2D eigenvalue weighted by Crippen LogP contribution is -2.23. The fourth-order valence-corrected chi connectivity index (χ4v) is 4.41. The number of hydrogen-bond acceptors (Lipinski definition) is 3. The lowest BCUT2D eigenvalue weighted by atomic mass is 9.94. The molecule has 1 fully saturated rings. The monoisotopic (exact) mass is 236 g/mol. The first-order chi connectivity index (χ1) is 7.59. The van der Waals surface area contributed by atoms with Crippen LogP contribution >= 0.6 is 11.3 Å². The van der Waals surface area contributed by atoms with Crippen molar-refractivity contribution in [3.05, 3.63) is 16.0 Å². The summed E-state index contributed by atoms with van der Waals surface area (Å²) in [6.45, 7) is 0. The van der Waals surface area contributed by atoms with Crippen LogP contribution in [0.2, 0.25) is 0 Å². The van der Waals surface area contributed by atoms with E-state index in [0.717, 1.165) is 10.6 Å². The van der Waals surface area contributed by atoms with Crippen LogP contribution in [0, 0.1) is 0 Å². The van der Waals surface area contributed by atoms with Crippen LogP contribution in [0.5, 0.6) is 0 Å². The number of amides is 1. The number of carbonyl (C=O) groups excluding carboxylic acids is 1. The molecular formula is C12H16N2OS. The third kappa shape index (κ3) is 1.16. The van der Waals surface area contributed by atoms with Crippen LogP contribution in [0.1, 0.15) is 51.9 Å². The van der Waals surface area contributed by atoms with Gasteiger partial charge >= 0.3 is 0 Å². The number of nitrogens with two attached hydrogens (primary N) is 1. The highest BCUT2D eigenvalue weighted by molar-refractivity contribution is 7.16. The molecule has 3 rings (SSSR count). The summed E-state index contributed by atoms with van der Waals surface area (Å²) in [5.41, 5.74) is 8.11. The molecule has 2 N–H and O–H groups in total. The van der Waals surface area contributed by atoms with Crippen molar-refractivity contribution in [2.45, 2.75) is 31.1 Å². The summed E-state index contributed by atoms with van der Waals surface area (Å²) in [7, 11) is 3.58. The van der Waals surface area contributed by atoms with Crippen molar-refractivity contribution in [2.75, 3.05) is 19.8 Å². The quantitative estimate of drug-likeness (QED) is 0.814. The van der Waals surface area contributed by atoms with Crippen molar-refractivity contribution < 1.29 is 4.79 Å². The van der Waals surface area contributed by atoms with Gasteiger partial charge in [-0.05, 0) is 36.7 Å². The Labute approximate surface area is 99.2 Å². The van der Waals surface area contributed by atoms with Gasteiger partial charge in [-0.25, -0.2) is 0 Å². The molecule has 2 bridgehead atoms. The van der Waals surface area contributed by atoms with Crippen molar-refractivity contribution in [1.29, 1.82) is 0 Å². The normalized spacial score (nSPS) is 25.9. The van der Waals surface area contributed by atoms with Gasteiger partial charge in [-0.2, -0.15) is 0 Å². The Hall–Kier alpha value is -1.03. The van der Waals surface area contributed by atoms with Crippen LogP contribution in [0.25, 0.3) is 0 Å². The minimum absolute atomic E-state index is 0.0718. The Balaban J connectivity index is 2.13. The maximum atomic E-state index is 12.1. The molecule has 86 valence electrons. The van der Waals surface area contributed by atoms with E-state index >= 15 is 0 Å². The van der Waals surface area contributed by atoms with Crippen LogP contribution < -0.4 is 5.73 Å². The number of hydrogen-bond donors (Lipinski definition) is 1. The van der Waals surface area contributed by atoms with Crippen LogP contribution in [-0.2, 0) is 0 Å². The van der Waals surface area contributed by atoms with E-state index in [1.807, 2.05) is 0 Å². The summed E-state index contributed by atoms with van der Waals surface area (Å²) in [4.78, 5) is 15.1. The van der Waals surface area contributed by atoms with Gasteiger partial charge in [0.2, 0.25) is 0 Å². The maximum Gasteiger partial charge on any atom is 0.256 e. The minimum atomic E-state index is 0.0718. The van der Waals surface area contributed by atoms with Gasteiger partial charge in [-0.15, -0.1) is 11.3 Å². The molecule has 2 aliphatic carbocycles. The van der Waals surface area contributed by atoms with Crippen LogP contribution in [0.3, 0.4) is 0 Å². The number of thiophene rings is 1. The van der Waals surface area contributed by atoms with Crippen LogP contribution in [0.15, 0.2) is 0 Å². The highest BCUT2D eigenvalue weighted by atomic mass is 32.1. The van der Waals surface area contributed by atoms with E-state index in [1.165, 1.54) is 29.7 Å². The zero-order chi connectivity index (χ0) is 11.4. The lowest BCUT2D eigenvalue weighted by molar-refractivity contribution is 0.0827. The molecule has 0 aliphatic heterocycles. The largest absolute Gasteiger partial charge is 0.390 e. The van der Waals surface area contributed by atoms with Crippen molar-refractivity contribution in [2.24, 2.45) is 0 Å². The first kappa shape index (κ1) is 10.1. The summed E-state index contributed by atoms with van der Waals surface area (Å²) >= 11 is 1.64. The third-order valence-electron chi connectivity index (χ3n) is 3.83. The standard InChI is InChI=1S/C12H16N2OS/c1-14(2)12(15)9-8-6-3-4-7(5-6)10(8)16-11(9)13/h6-7H,3-5,13H2,1-2H3. The molecule has 2 unspecified atom stereocenters. The number of anilines is 1. The van der Waals surface area contributed by atoms with Gasteiger partial charge in [0.15, 0.2) is 0 Å².